The summed E-state index contributed by atoms with van der Waals surface area (Å²) < 4.78 is 10.6. The van der Waals surface area contributed by atoms with Gasteiger partial charge in [0.2, 0.25) is 4.80 Å². The summed E-state index contributed by atoms with van der Waals surface area (Å²) >= 11 is 2.95. The molecule has 0 unspecified atom stereocenters. The number of nitrogens with zero attached hydrogens (tertiary/aromatic N) is 5. The lowest BCUT2D eigenvalue weighted by Gasteiger charge is -2.18. The predicted octanol–water partition coefficient (Wildman–Crippen LogP) is 4.52. The molecule has 1 aliphatic heterocycles. The summed E-state index contributed by atoms with van der Waals surface area (Å²) in [6, 6.07) is 19.0. The van der Waals surface area contributed by atoms with E-state index in [9.17, 15) is 9.59 Å². The quantitative estimate of drug-likeness (QED) is 0.331. The summed E-state index contributed by atoms with van der Waals surface area (Å²) in [7, 11) is 1.84. The van der Waals surface area contributed by atoms with E-state index in [1.54, 1.807) is 31.6 Å². The molecule has 0 radical (unpaired) electrons. The molecular weight excluding hydrogens is 520 g/mol. The zero-order valence-electron chi connectivity index (χ0n) is 20.5. The molecule has 9 nitrogen and oxygen atoms in total. The van der Waals surface area contributed by atoms with Crippen molar-refractivity contribution >= 4 is 46.2 Å². The molecule has 38 heavy (non-hydrogen) atoms. The Morgan fingerprint density at radius 1 is 1.05 bits per heavy atom. The van der Waals surface area contributed by atoms with Gasteiger partial charge in [-0.2, -0.15) is 5.10 Å². The highest BCUT2D eigenvalue weighted by Crippen LogP contribution is 2.33. The van der Waals surface area contributed by atoms with Gasteiger partial charge in [0.1, 0.15) is 5.75 Å². The zero-order valence-corrected chi connectivity index (χ0v) is 22.1. The summed E-state index contributed by atoms with van der Waals surface area (Å²) in [5.74, 6) is 0.414. The Morgan fingerprint density at radius 3 is 2.68 bits per heavy atom. The standard InChI is InChI=1S/C27H22N6O3S2/c1-17-25(26(35)33(31(17)2)19-7-4-3-5-8-19)30-27-32(28-14-20-9-6-12-37-20)22(16-38-27)18-10-11-23-21(13-18)29-24(34)15-36-23/h3-14,16H,15H2,1-2H3,(H,29,34). The number of carbonyl (C=O) groups is 1. The van der Waals surface area contributed by atoms with Gasteiger partial charge in [-0.15, -0.1) is 22.7 Å². The number of aromatic nitrogens is 3. The lowest BCUT2D eigenvalue weighted by molar-refractivity contribution is -0.118. The predicted molar refractivity (Wildman–Crippen MR) is 150 cm³/mol. The molecule has 0 spiro atoms. The van der Waals surface area contributed by atoms with Gasteiger partial charge in [0.05, 0.1) is 29.0 Å². The van der Waals surface area contributed by atoms with Crippen molar-refractivity contribution in [1.29, 1.82) is 0 Å². The van der Waals surface area contributed by atoms with Crippen molar-refractivity contribution < 1.29 is 9.53 Å². The maximum absolute atomic E-state index is 13.5. The van der Waals surface area contributed by atoms with E-state index in [1.807, 2.05) is 85.4 Å². The van der Waals surface area contributed by atoms with Gasteiger partial charge in [-0.25, -0.2) is 14.4 Å². The summed E-state index contributed by atoms with van der Waals surface area (Å²) in [4.78, 5) is 31.7. The van der Waals surface area contributed by atoms with Crippen LogP contribution in [-0.4, -0.2) is 32.8 Å². The van der Waals surface area contributed by atoms with E-state index >= 15 is 0 Å². The third-order valence-electron chi connectivity index (χ3n) is 6.17. The van der Waals surface area contributed by atoms with E-state index in [0.717, 1.165) is 27.5 Å². The summed E-state index contributed by atoms with van der Waals surface area (Å²) in [6.45, 7) is 1.87. The van der Waals surface area contributed by atoms with Crippen molar-refractivity contribution in [2.24, 2.45) is 17.1 Å². The molecule has 0 saturated carbocycles. The molecule has 1 amide bonds. The Kier molecular flexibility index (Phi) is 6.14. The first-order valence-electron chi connectivity index (χ1n) is 11.7. The van der Waals surface area contributed by atoms with E-state index in [2.05, 4.69) is 5.32 Å². The maximum Gasteiger partial charge on any atom is 0.297 e. The number of thiophene rings is 1. The first-order valence-corrected chi connectivity index (χ1v) is 13.5. The van der Waals surface area contributed by atoms with Crippen LogP contribution < -0.4 is 20.4 Å². The summed E-state index contributed by atoms with van der Waals surface area (Å²) in [5, 5.41) is 11.5. The zero-order chi connectivity index (χ0) is 26.2. The van der Waals surface area contributed by atoms with E-state index in [1.165, 1.54) is 11.3 Å². The second kappa shape index (κ2) is 9.77. The van der Waals surface area contributed by atoms with Crippen LogP contribution in [0.3, 0.4) is 0 Å². The highest BCUT2D eigenvalue weighted by atomic mass is 32.1. The molecule has 1 aliphatic rings. The van der Waals surface area contributed by atoms with Crippen LogP contribution in [0.15, 0.2) is 86.3 Å². The molecule has 2 aromatic carbocycles. The average Bonchev–Trinajstić information content (AvgIpc) is 3.64. The molecule has 0 atom stereocenters. The van der Waals surface area contributed by atoms with Crippen LogP contribution in [0.2, 0.25) is 0 Å². The molecule has 0 saturated heterocycles. The Hall–Kier alpha value is -4.48. The van der Waals surface area contributed by atoms with E-state index in [-0.39, 0.29) is 18.1 Å². The number of carbonyl (C=O) groups excluding carboxylic acids is 1. The second-order valence-corrected chi connectivity index (χ2v) is 10.4. The Balaban J connectivity index is 1.52. The normalized spacial score (nSPS) is 13.5. The van der Waals surface area contributed by atoms with E-state index in [0.29, 0.717) is 21.9 Å². The SMILES string of the molecule is Cc1c(N=c2scc(-c3ccc4c(c3)NC(=O)CO4)n2N=Cc2cccs2)c(=O)n(-c2ccccc2)n1C. The third-order valence-corrected chi connectivity index (χ3v) is 7.79. The minimum absolute atomic E-state index is 0.00410. The van der Waals surface area contributed by atoms with Gasteiger partial charge in [0, 0.05) is 22.9 Å². The number of rotatable bonds is 5. The fourth-order valence-electron chi connectivity index (χ4n) is 4.19. The number of ether oxygens (including phenoxy) is 1. The first-order chi connectivity index (χ1) is 18.5. The maximum atomic E-state index is 13.5. The molecule has 6 rings (SSSR count). The van der Waals surface area contributed by atoms with Crippen molar-refractivity contribution in [1.82, 2.24) is 14.0 Å². The molecule has 3 aromatic heterocycles. The summed E-state index contributed by atoms with van der Waals surface area (Å²) in [6.07, 6.45) is 1.77. The fraction of sp³-hybridized carbons (Fsp3) is 0.111. The number of hydrogen-bond donors (Lipinski definition) is 1. The van der Waals surface area contributed by atoms with Crippen LogP contribution in [0, 0.1) is 6.92 Å². The van der Waals surface area contributed by atoms with E-state index in [4.69, 9.17) is 14.8 Å². The van der Waals surface area contributed by atoms with Gasteiger partial charge in [0.15, 0.2) is 12.3 Å². The van der Waals surface area contributed by atoms with Crippen molar-refractivity contribution in [2.75, 3.05) is 11.9 Å². The monoisotopic (exact) mass is 542 g/mol. The first kappa shape index (κ1) is 23.9. The minimum Gasteiger partial charge on any atom is -0.482 e. The molecule has 0 bridgehead atoms. The number of benzene rings is 2. The highest BCUT2D eigenvalue weighted by molar-refractivity contribution is 7.11. The van der Waals surface area contributed by atoms with Crippen LogP contribution in [0.25, 0.3) is 16.9 Å². The lowest BCUT2D eigenvalue weighted by Crippen LogP contribution is -2.25. The Morgan fingerprint density at radius 2 is 1.89 bits per heavy atom. The number of para-hydroxylation sites is 1. The van der Waals surface area contributed by atoms with Gasteiger partial charge in [-0.05, 0) is 48.7 Å². The van der Waals surface area contributed by atoms with Gasteiger partial charge in [-0.3, -0.25) is 14.3 Å². The average molecular weight is 543 g/mol. The van der Waals surface area contributed by atoms with Gasteiger partial charge in [-0.1, -0.05) is 24.3 Å². The van der Waals surface area contributed by atoms with E-state index < -0.39 is 0 Å². The van der Waals surface area contributed by atoms with Gasteiger partial charge >= 0.3 is 0 Å². The molecule has 4 heterocycles. The van der Waals surface area contributed by atoms with Crippen molar-refractivity contribution in [3.05, 3.63) is 97.2 Å². The largest absolute Gasteiger partial charge is 0.482 e. The van der Waals surface area contributed by atoms with Crippen LogP contribution in [0.1, 0.15) is 10.6 Å². The Bertz CT molecular complexity index is 1810. The number of thiazole rings is 1. The third kappa shape index (κ3) is 4.31. The number of amides is 1. The second-order valence-electron chi connectivity index (χ2n) is 8.55. The smallest absolute Gasteiger partial charge is 0.297 e. The molecule has 0 fully saturated rings. The molecular formula is C27H22N6O3S2. The lowest BCUT2D eigenvalue weighted by atomic mass is 10.1. The minimum atomic E-state index is -0.214. The summed E-state index contributed by atoms with van der Waals surface area (Å²) in [5.41, 5.74) is 3.81. The number of fused-ring (bicyclic) bond motifs is 1. The number of anilines is 1. The molecule has 0 aliphatic carbocycles. The van der Waals surface area contributed by atoms with Crippen molar-refractivity contribution in [2.45, 2.75) is 6.92 Å². The molecule has 190 valence electrons. The van der Waals surface area contributed by atoms with Crippen molar-refractivity contribution in [3.8, 4) is 22.7 Å². The topological polar surface area (TPSA) is 94.9 Å². The fourth-order valence-corrected chi connectivity index (χ4v) is 5.61. The number of nitrogens with one attached hydrogen (secondary N) is 1. The van der Waals surface area contributed by atoms with Gasteiger partial charge < -0.3 is 10.1 Å². The molecule has 5 aromatic rings. The number of hydrogen-bond acceptors (Lipinski definition) is 7. The van der Waals surface area contributed by atoms with Crippen LogP contribution in [-0.2, 0) is 11.8 Å². The van der Waals surface area contributed by atoms with Crippen LogP contribution >= 0.6 is 22.7 Å². The van der Waals surface area contributed by atoms with Crippen LogP contribution in [0.4, 0.5) is 11.4 Å². The van der Waals surface area contributed by atoms with Gasteiger partial charge in [0.25, 0.3) is 11.5 Å². The molecule has 1 N–H and O–H groups in total. The van der Waals surface area contributed by atoms with Crippen LogP contribution in [0.5, 0.6) is 5.75 Å². The Labute approximate surface area is 225 Å². The van der Waals surface area contributed by atoms with Crippen molar-refractivity contribution in [3.63, 3.8) is 0 Å². The highest BCUT2D eigenvalue weighted by Gasteiger charge is 2.19. The molecule has 11 heteroatoms.